The number of amides is 1. The second-order valence-electron chi connectivity index (χ2n) is 9.22. The molecule has 168 valence electrons. The fourth-order valence-corrected chi connectivity index (χ4v) is 8.78. The van der Waals surface area contributed by atoms with Gasteiger partial charge in [-0.15, -0.1) is 0 Å². The molecule has 1 fully saturated rings. The monoisotopic (exact) mass is 449 g/mol. The first-order valence-electron chi connectivity index (χ1n) is 10.7. The molecular weight excluding hydrogens is 419 g/mol. The minimum atomic E-state index is -4.84. The Balaban J connectivity index is 1.75. The van der Waals surface area contributed by atoms with Crippen LogP contribution in [0, 0.1) is 5.92 Å². The number of nitrogens with one attached hydrogen (secondary N) is 1. The molecule has 3 rings (SSSR count). The predicted molar refractivity (Wildman–Crippen MR) is 119 cm³/mol. The summed E-state index contributed by atoms with van der Waals surface area (Å²) in [6, 6.07) is 19.2. The van der Waals surface area contributed by atoms with Gasteiger partial charge >= 0.3 is 12.1 Å². The molecule has 0 aliphatic heterocycles. The van der Waals surface area contributed by atoms with Gasteiger partial charge in [-0.25, -0.2) is 0 Å². The van der Waals surface area contributed by atoms with Crippen LogP contribution in [0.25, 0.3) is 0 Å². The third-order valence-corrected chi connectivity index (χ3v) is 11.1. The third-order valence-electron chi connectivity index (χ3n) is 6.60. The van der Waals surface area contributed by atoms with E-state index in [1.807, 2.05) is 60.7 Å². The summed E-state index contributed by atoms with van der Waals surface area (Å²) in [5.41, 5.74) is 0. The Morgan fingerprint density at radius 1 is 0.935 bits per heavy atom. The molecule has 0 radical (unpaired) electrons. The Bertz CT molecular complexity index is 824. The first-order chi connectivity index (χ1) is 14.5. The van der Waals surface area contributed by atoms with Gasteiger partial charge in [-0.3, -0.25) is 4.79 Å². The van der Waals surface area contributed by atoms with Gasteiger partial charge in [0.25, 0.3) is 8.32 Å². The minimum Gasteiger partial charge on any atom is -0.424 e. The highest BCUT2D eigenvalue weighted by atomic mass is 28.4. The van der Waals surface area contributed by atoms with E-state index in [2.05, 4.69) is 19.2 Å². The highest BCUT2D eigenvalue weighted by Gasteiger charge is 2.50. The zero-order valence-corrected chi connectivity index (χ0v) is 19.0. The van der Waals surface area contributed by atoms with Crippen molar-refractivity contribution in [1.82, 2.24) is 5.32 Å². The number of halogens is 3. The zero-order valence-electron chi connectivity index (χ0n) is 18.0. The Kier molecular flexibility index (Phi) is 6.96. The summed E-state index contributed by atoms with van der Waals surface area (Å²) in [4.78, 5) is 23.5. The van der Waals surface area contributed by atoms with Gasteiger partial charge in [0.2, 0.25) is 0 Å². The fourth-order valence-electron chi connectivity index (χ4n) is 4.95. The number of hydrogen-bond donors (Lipinski definition) is 2. The van der Waals surface area contributed by atoms with Gasteiger partial charge in [-0.2, -0.15) is 13.2 Å². The number of rotatable bonds is 6. The highest BCUT2D eigenvalue weighted by molar-refractivity contribution is 6.98. The molecule has 0 heterocycles. The van der Waals surface area contributed by atoms with Crippen molar-refractivity contribution >= 4 is 24.6 Å². The molecule has 0 unspecified atom stereocenters. The molecule has 3 nitrogen and oxygen atoms in total. The summed E-state index contributed by atoms with van der Waals surface area (Å²) >= 11 is 0. The number of hydrogen-bond acceptors (Lipinski definition) is 2. The standard InChI is InChI=1S/C24H30F3NO2Si/c1-23(2,17-18-13-15-19(16-14-18)28-22(29)24(25,26)27)31(30,20-9-5-3-6-10-20)21-11-7-4-8-12-21/h3-12,18-19,30H,13-17H2,1-2H3,(H,28,29). The molecule has 0 atom stereocenters. The minimum absolute atomic E-state index is 0.292. The van der Waals surface area contributed by atoms with Crippen LogP contribution in [0.15, 0.2) is 60.7 Å². The molecule has 2 aromatic carbocycles. The van der Waals surface area contributed by atoms with Gasteiger partial charge in [0.15, 0.2) is 0 Å². The van der Waals surface area contributed by atoms with Gasteiger partial charge in [0.1, 0.15) is 0 Å². The van der Waals surface area contributed by atoms with Crippen molar-refractivity contribution in [3.63, 3.8) is 0 Å². The smallest absolute Gasteiger partial charge is 0.424 e. The van der Waals surface area contributed by atoms with Crippen LogP contribution in [0.1, 0.15) is 46.0 Å². The Morgan fingerprint density at radius 3 is 1.81 bits per heavy atom. The highest BCUT2D eigenvalue weighted by Crippen LogP contribution is 2.44. The summed E-state index contributed by atoms with van der Waals surface area (Å²) in [5, 5.41) is 3.64. The second-order valence-corrected chi connectivity index (χ2v) is 13.1. The van der Waals surface area contributed by atoms with Crippen LogP contribution in [0.5, 0.6) is 0 Å². The van der Waals surface area contributed by atoms with Crippen molar-refractivity contribution in [3.05, 3.63) is 60.7 Å². The fraction of sp³-hybridized carbons (Fsp3) is 0.458. The maximum atomic E-state index is 12.5. The van der Waals surface area contributed by atoms with Crippen molar-refractivity contribution in [2.75, 3.05) is 0 Å². The van der Waals surface area contributed by atoms with Crippen molar-refractivity contribution < 1.29 is 22.8 Å². The molecule has 0 spiro atoms. The van der Waals surface area contributed by atoms with E-state index >= 15 is 0 Å². The molecule has 1 saturated carbocycles. The van der Waals surface area contributed by atoms with Crippen molar-refractivity contribution in [1.29, 1.82) is 0 Å². The van der Waals surface area contributed by atoms with E-state index in [4.69, 9.17) is 0 Å². The Hall–Kier alpha value is -2.12. The number of benzene rings is 2. The number of carbonyl (C=O) groups is 1. The summed E-state index contributed by atoms with van der Waals surface area (Å²) in [6.45, 7) is 4.22. The average Bonchev–Trinajstić information content (AvgIpc) is 2.74. The van der Waals surface area contributed by atoms with Crippen molar-refractivity contribution in [2.45, 2.75) is 63.2 Å². The molecular formula is C24H30F3NO2Si. The van der Waals surface area contributed by atoms with Crippen LogP contribution >= 0.6 is 0 Å². The van der Waals surface area contributed by atoms with Crippen LogP contribution < -0.4 is 15.7 Å². The maximum Gasteiger partial charge on any atom is 0.471 e. The summed E-state index contributed by atoms with van der Waals surface area (Å²) in [5.74, 6) is -1.56. The molecule has 0 saturated heterocycles. The van der Waals surface area contributed by atoms with E-state index in [0.29, 0.717) is 18.8 Å². The normalized spacial score (nSPS) is 20.3. The first-order valence-corrected chi connectivity index (χ1v) is 12.7. The third kappa shape index (κ3) is 5.21. The van der Waals surface area contributed by atoms with Crippen LogP contribution in [0.2, 0.25) is 5.04 Å². The van der Waals surface area contributed by atoms with Crippen LogP contribution in [0.3, 0.4) is 0 Å². The van der Waals surface area contributed by atoms with Gasteiger partial charge in [-0.1, -0.05) is 74.5 Å². The van der Waals surface area contributed by atoms with E-state index in [0.717, 1.165) is 29.6 Å². The van der Waals surface area contributed by atoms with E-state index in [9.17, 15) is 22.8 Å². The largest absolute Gasteiger partial charge is 0.471 e. The molecule has 0 bridgehead atoms. The predicted octanol–water partition coefficient (Wildman–Crippen LogP) is 4.15. The lowest BCUT2D eigenvalue weighted by molar-refractivity contribution is -0.174. The lowest BCUT2D eigenvalue weighted by Crippen LogP contribution is -2.65. The molecule has 7 heteroatoms. The quantitative estimate of drug-likeness (QED) is 0.651. The Morgan fingerprint density at radius 2 is 1.39 bits per heavy atom. The first kappa shape index (κ1) is 23.5. The van der Waals surface area contributed by atoms with E-state index < -0.39 is 26.4 Å². The molecule has 2 aromatic rings. The summed E-state index contributed by atoms with van der Waals surface area (Å²) in [7, 11) is -3.10. The molecule has 1 amide bonds. The second kappa shape index (κ2) is 9.16. The van der Waals surface area contributed by atoms with E-state index in [-0.39, 0.29) is 5.04 Å². The van der Waals surface area contributed by atoms with Crippen molar-refractivity contribution in [3.8, 4) is 0 Å². The molecule has 1 aliphatic rings. The maximum absolute atomic E-state index is 12.5. The topological polar surface area (TPSA) is 49.3 Å². The van der Waals surface area contributed by atoms with Crippen LogP contribution in [-0.2, 0) is 4.79 Å². The lowest BCUT2D eigenvalue weighted by Gasteiger charge is -2.44. The SMILES string of the molecule is CC(C)(CC1CCC(NC(=O)C(F)(F)F)CC1)[Si](O)(c1ccccc1)c1ccccc1. The summed E-state index contributed by atoms with van der Waals surface area (Å²) < 4.78 is 37.6. The van der Waals surface area contributed by atoms with Gasteiger partial charge in [0.05, 0.1) is 0 Å². The zero-order chi connectivity index (χ0) is 22.7. The Labute approximate surface area is 182 Å². The lowest BCUT2D eigenvalue weighted by atomic mass is 9.81. The van der Waals surface area contributed by atoms with Crippen LogP contribution in [-0.4, -0.2) is 31.2 Å². The molecule has 0 aromatic heterocycles. The van der Waals surface area contributed by atoms with Crippen LogP contribution in [0.4, 0.5) is 13.2 Å². The molecule has 1 aliphatic carbocycles. The number of carbonyl (C=O) groups excluding carboxylic acids is 1. The molecule has 31 heavy (non-hydrogen) atoms. The number of alkyl halides is 3. The average molecular weight is 450 g/mol. The van der Waals surface area contributed by atoms with E-state index in [1.165, 1.54) is 0 Å². The summed E-state index contributed by atoms with van der Waals surface area (Å²) in [6.07, 6.45) is -1.54. The van der Waals surface area contributed by atoms with Crippen molar-refractivity contribution in [2.24, 2.45) is 5.92 Å². The van der Waals surface area contributed by atoms with E-state index in [1.54, 1.807) is 0 Å². The van der Waals surface area contributed by atoms with Gasteiger partial charge in [0, 0.05) is 6.04 Å². The molecule has 2 N–H and O–H groups in total. The van der Waals surface area contributed by atoms with Gasteiger partial charge < -0.3 is 10.1 Å². The van der Waals surface area contributed by atoms with Gasteiger partial charge in [-0.05, 0) is 53.4 Å².